The topological polar surface area (TPSA) is 17.0 Å². The molecule has 1 N–H and O–H groups in total. The Bertz CT molecular complexity index is 1100. The average molecular weight is 397 g/mol. The molecule has 4 aromatic rings. The molecule has 2 nitrogen and oxygen atoms in total. The first-order chi connectivity index (χ1) is 13.6. The molecule has 0 fully saturated rings. The zero-order valence-corrected chi connectivity index (χ0v) is 15.9. The highest BCUT2D eigenvalue weighted by molar-refractivity contribution is 6.31. The lowest BCUT2D eigenvalue weighted by atomic mass is 10.1. The van der Waals surface area contributed by atoms with E-state index in [1.165, 1.54) is 24.3 Å². The van der Waals surface area contributed by atoms with Crippen LogP contribution < -0.4 is 5.32 Å². The van der Waals surface area contributed by atoms with Crippen molar-refractivity contribution in [3.63, 3.8) is 0 Å². The average Bonchev–Trinajstić information content (AvgIpc) is 3.03. The molecule has 0 radical (unpaired) electrons. The highest BCUT2D eigenvalue weighted by Gasteiger charge is 2.10. The molecule has 0 atom stereocenters. The molecule has 0 saturated heterocycles. The summed E-state index contributed by atoms with van der Waals surface area (Å²) in [6.07, 6.45) is 2.10. The quantitative estimate of drug-likeness (QED) is 0.428. The highest BCUT2D eigenvalue weighted by atomic mass is 35.5. The lowest BCUT2D eigenvalue weighted by Crippen LogP contribution is -2.12. The zero-order valence-electron chi connectivity index (χ0n) is 15.1. The summed E-state index contributed by atoms with van der Waals surface area (Å²) >= 11 is 6.21. The number of benzene rings is 3. The van der Waals surface area contributed by atoms with Crippen LogP contribution in [0.3, 0.4) is 0 Å². The Kier molecular flexibility index (Phi) is 5.42. The fourth-order valence-electron chi connectivity index (χ4n) is 3.37. The Balaban J connectivity index is 1.55. The van der Waals surface area contributed by atoms with Gasteiger partial charge in [0, 0.05) is 41.8 Å². The first kappa shape index (κ1) is 18.7. The van der Waals surface area contributed by atoms with Gasteiger partial charge in [-0.05, 0) is 47.0 Å². The molecule has 0 aliphatic carbocycles. The zero-order chi connectivity index (χ0) is 19.5. The normalized spacial score (nSPS) is 11.2. The van der Waals surface area contributed by atoms with Gasteiger partial charge in [-0.15, -0.1) is 0 Å². The standard InChI is InChI=1S/C23H19ClF2N2/c24-22-11-20(26)10-7-17(22)14-28-15-18(21-3-1-2-4-23(21)28)13-27-12-16-5-8-19(25)9-6-16/h1-11,15,27H,12-14H2. The summed E-state index contributed by atoms with van der Waals surface area (Å²) in [5, 5.41) is 5.00. The Morgan fingerprint density at radius 3 is 2.36 bits per heavy atom. The van der Waals surface area contributed by atoms with E-state index >= 15 is 0 Å². The van der Waals surface area contributed by atoms with E-state index in [1.807, 2.05) is 12.1 Å². The van der Waals surface area contributed by atoms with E-state index in [4.69, 9.17) is 11.6 Å². The van der Waals surface area contributed by atoms with Crippen molar-refractivity contribution in [2.75, 3.05) is 0 Å². The predicted octanol–water partition coefficient (Wildman–Crippen LogP) is 5.91. The molecule has 0 aliphatic rings. The molecule has 1 heterocycles. The van der Waals surface area contributed by atoms with Gasteiger partial charge in [-0.25, -0.2) is 8.78 Å². The van der Waals surface area contributed by atoms with E-state index in [-0.39, 0.29) is 11.6 Å². The molecule has 1 aromatic heterocycles. The number of halogens is 3. The second-order valence-corrected chi connectivity index (χ2v) is 7.17. The van der Waals surface area contributed by atoms with E-state index in [2.05, 4.69) is 28.2 Å². The second-order valence-electron chi connectivity index (χ2n) is 6.77. The molecular weight excluding hydrogens is 378 g/mol. The SMILES string of the molecule is Fc1ccc(CNCc2cn(Cc3ccc(F)cc3Cl)c3ccccc23)cc1. The Labute approximate surface area is 167 Å². The molecule has 0 saturated carbocycles. The molecule has 4 rings (SSSR count). The van der Waals surface area contributed by atoms with Crippen LogP contribution in [0.4, 0.5) is 8.78 Å². The minimum Gasteiger partial charge on any atom is -0.343 e. The fraction of sp³-hybridized carbons (Fsp3) is 0.130. The van der Waals surface area contributed by atoms with Gasteiger partial charge in [0.25, 0.3) is 0 Å². The molecule has 28 heavy (non-hydrogen) atoms. The van der Waals surface area contributed by atoms with Crippen molar-refractivity contribution >= 4 is 22.5 Å². The number of nitrogens with zero attached hydrogens (tertiary/aromatic N) is 1. The van der Waals surface area contributed by atoms with E-state index in [0.29, 0.717) is 24.7 Å². The van der Waals surface area contributed by atoms with Crippen LogP contribution in [0.2, 0.25) is 5.02 Å². The van der Waals surface area contributed by atoms with Gasteiger partial charge in [0.2, 0.25) is 0 Å². The van der Waals surface area contributed by atoms with Gasteiger partial charge >= 0.3 is 0 Å². The molecular formula is C23H19ClF2N2. The summed E-state index contributed by atoms with van der Waals surface area (Å²) in [6, 6.07) is 19.2. The van der Waals surface area contributed by atoms with Gasteiger partial charge in [-0.3, -0.25) is 0 Å². The maximum Gasteiger partial charge on any atom is 0.124 e. The van der Waals surface area contributed by atoms with Gasteiger partial charge in [0.05, 0.1) is 0 Å². The van der Waals surface area contributed by atoms with Crippen molar-refractivity contribution in [1.82, 2.24) is 9.88 Å². The van der Waals surface area contributed by atoms with Gasteiger partial charge in [-0.1, -0.05) is 48.0 Å². The Morgan fingerprint density at radius 2 is 1.57 bits per heavy atom. The monoisotopic (exact) mass is 396 g/mol. The van der Waals surface area contributed by atoms with E-state index in [1.54, 1.807) is 18.2 Å². The largest absolute Gasteiger partial charge is 0.343 e. The van der Waals surface area contributed by atoms with Crippen LogP contribution in [0.15, 0.2) is 72.9 Å². The van der Waals surface area contributed by atoms with Crippen molar-refractivity contribution in [2.24, 2.45) is 0 Å². The van der Waals surface area contributed by atoms with Crippen molar-refractivity contribution in [3.8, 4) is 0 Å². The summed E-state index contributed by atoms with van der Waals surface area (Å²) in [5.41, 5.74) is 4.16. The number of aromatic nitrogens is 1. The predicted molar refractivity (Wildman–Crippen MR) is 109 cm³/mol. The maximum atomic E-state index is 13.3. The maximum absolute atomic E-state index is 13.3. The van der Waals surface area contributed by atoms with E-state index < -0.39 is 0 Å². The molecule has 3 aromatic carbocycles. The van der Waals surface area contributed by atoms with E-state index in [0.717, 1.165) is 27.6 Å². The smallest absolute Gasteiger partial charge is 0.124 e. The Morgan fingerprint density at radius 1 is 0.821 bits per heavy atom. The molecule has 0 unspecified atom stereocenters. The molecule has 5 heteroatoms. The minimum atomic E-state index is -0.336. The first-order valence-corrected chi connectivity index (χ1v) is 9.44. The van der Waals surface area contributed by atoms with Crippen LogP contribution in [0.25, 0.3) is 10.9 Å². The van der Waals surface area contributed by atoms with Crippen LogP contribution in [0.1, 0.15) is 16.7 Å². The van der Waals surface area contributed by atoms with Crippen LogP contribution in [0, 0.1) is 11.6 Å². The van der Waals surface area contributed by atoms with Crippen LogP contribution in [0.5, 0.6) is 0 Å². The van der Waals surface area contributed by atoms with Gasteiger partial charge in [-0.2, -0.15) is 0 Å². The summed E-state index contributed by atoms with van der Waals surface area (Å²) in [6.45, 7) is 1.91. The third-order valence-corrected chi connectivity index (χ3v) is 5.14. The molecule has 142 valence electrons. The van der Waals surface area contributed by atoms with Crippen LogP contribution in [-0.2, 0) is 19.6 Å². The summed E-state index contributed by atoms with van der Waals surface area (Å²) in [4.78, 5) is 0. The summed E-state index contributed by atoms with van der Waals surface area (Å²) in [5.74, 6) is -0.567. The number of rotatable bonds is 6. The lowest BCUT2D eigenvalue weighted by molar-refractivity contribution is 0.625. The van der Waals surface area contributed by atoms with Gasteiger partial charge in [0.15, 0.2) is 0 Å². The molecule has 0 amide bonds. The summed E-state index contributed by atoms with van der Waals surface area (Å²) < 4.78 is 28.5. The van der Waals surface area contributed by atoms with Crippen LogP contribution >= 0.6 is 11.6 Å². The number of hydrogen-bond acceptors (Lipinski definition) is 1. The Hall–Kier alpha value is -2.69. The van der Waals surface area contributed by atoms with Gasteiger partial charge in [0.1, 0.15) is 11.6 Å². The van der Waals surface area contributed by atoms with Crippen molar-refractivity contribution in [3.05, 3.63) is 106 Å². The van der Waals surface area contributed by atoms with Crippen molar-refractivity contribution in [1.29, 1.82) is 0 Å². The number of fused-ring (bicyclic) bond motifs is 1. The molecule has 0 aliphatic heterocycles. The van der Waals surface area contributed by atoms with Crippen molar-refractivity contribution in [2.45, 2.75) is 19.6 Å². The minimum absolute atomic E-state index is 0.230. The van der Waals surface area contributed by atoms with Crippen LogP contribution in [-0.4, -0.2) is 4.57 Å². The molecule has 0 spiro atoms. The number of para-hydroxylation sites is 1. The van der Waals surface area contributed by atoms with Crippen molar-refractivity contribution < 1.29 is 8.78 Å². The second kappa shape index (κ2) is 8.13. The fourth-order valence-corrected chi connectivity index (χ4v) is 3.60. The number of nitrogens with one attached hydrogen (secondary N) is 1. The first-order valence-electron chi connectivity index (χ1n) is 9.06. The third-order valence-electron chi connectivity index (χ3n) is 4.78. The van der Waals surface area contributed by atoms with E-state index in [9.17, 15) is 8.78 Å². The highest BCUT2D eigenvalue weighted by Crippen LogP contribution is 2.25. The lowest BCUT2D eigenvalue weighted by Gasteiger charge is -2.07. The van der Waals surface area contributed by atoms with Gasteiger partial charge < -0.3 is 9.88 Å². The third kappa shape index (κ3) is 4.08. The summed E-state index contributed by atoms with van der Waals surface area (Å²) in [7, 11) is 0. The number of hydrogen-bond donors (Lipinski definition) is 1. The molecule has 0 bridgehead atoms.